The summed E-state index contributed by atoms with van der Waals surface area (Å²) < 4.78 is 5.28. The first-order valence-electron chi connectivity index (χ1n) is 7.71. The van der Waals surface area contributed by atoms with Crippen LogP contribution in [0.2, 0.25) is 5.02 Å². The summed E-state index contributed by atoms with van der Waals surface area (Å²) in [5.74, 6) is 0.623. The average molecular weight is 340 g/mol. The monoisotopic (exact) mass is 339 g/mol. The van der Waals surface area contributed by atoms with E-state index < -0.39 is 5.91 Å². The average Bonchev–Trinajstić information content (AvgIpc) is 2.54. The molecule has 0 bridgehead atoms. The largest absolute Gasteiger partial charge is 0.484 e. The number of nitrogens with one attached hydrogen (secondary N) is 2. The highest BCUT2D eigenvalue weighted by Crippen LogP contribution is 2.16. The molecule has 0 aliphatic carbocycles. The number of ether oxygens (including phenoxy) is 1. The van der Waals surface area contributed by atoms with Crippen molar-refractivity contribution in [3.05, 3.63) is 29.3 Å². The van der Waals surface area contributed by atoms with Crippen LogP contribution in [0.4, 0.5) is 0 Å². The number of hydrazine groups is 1. The molecule has 1 heterocycles. The number of halogens is 1. The highest BCUT2D eigenvalue weighted by Gasteiger charge is 2.18. The third-order valence-electron chi connectivity index (χ3n) is 3.77. The van der Waals surface area contributed by atoms with Crippen molar-refractivity contribution in [1.82, 2.24) is 15.8 Å². The number of rotatable bonds is 5. The molecule has 0 spiro atoms. The first-order valence-corrected chi connectivity index (χ1v) is 8.09. The van der Waals surface area contributed by atoms with Crippen LogP contribution in [0.3, 0.4) is 0 Å². The fraction of sp³-hybridized carbons (Fsp3) is 0.500. The number of amides is 2. The van der Waals surface area contributed by atoms with E-state index >= 15 is 0 Å². The van der Waals surface area contributed by atoms with E-state index in [0.717, 1.165) is 31.8 Å². The SMILES string of the molecule is CC1CCN(CC(=O)NNC(=O)COc2ccc(Cl)cc2)CC1. The molecular formula is C16H22ClN3O3. The zero-order chi connectivity index (χ0) is 16.7. The molecule has 1 saturated heterocycles. The number of benzene rings is 1. The van der Waals surface area contributed by atoms with Crippen LogP contribution in [0.25, 0.3) is 0 Å². The molecule has 1 aromatic rings. The lowest BCUT2D eigenvalue weighted by Gasteiger charge is -2.29. The number of hydrogen-bond acceptors (Lipinski definition) is 4. The van der Waals surface area contributed by atoms with Gasteiger partial charge >= 0.3 is 0 Å². The molecule has 2 N–H and O–H groups in total. The smallest absolute Gasteiger partial charge is 0.276 e. The Hall–Kier alpha value is -1.79. The Bertz CT molecular complexity index is 528. The Morgan fingerprint density at radius 3 is 2.43 bits per heavy atom. The topological polar surface area (TPSA) is 70.7 Å². The van der Waals surface area contributed by atoms with Gasteiger partial charge in [0, 0.05) is 5.02 Å². The minimum absolute atomic E-state index is 0.177. The lowest BCUT2D eigenvalue weighted by molar-refractivity contribution is -0.130. The van der Waals surface area contributed by atoms with E-state index in [4.69, 9.17) is 16.3 Å². The molecule has 1 aliphatic rings. The zero-order valence-corrected chi connectivity index (χ0v) is 13.9. The predicted octanol–water partition coefficient (Wildman–Crippen LogP) is 1.60. The Labute approximate surface area is 141 Å². The second-order valence-corrected chi connectivity index (χ2v) is 6.23. The summed E-state index contributed by atoms with van der Waals surface area (Å²) in [7, 11) is 0. The molecular weight excluding hydrogens is 318 g/mol. The summed E-state index contributed by atoms with van der Waals surface area (Å²) in [6.07, 6.45) is 2.21. The molecule has 7 heteroatoms. The van der Waals surface area contributed by atoms with Crippen LogP contribution < -0.4 is 15.6 Å². The maximum atomic E-state index is 11.8. The standard InChI is InChI=1S/C16H22ClN3O3/c1-12-6-8-20(9-7-12)10-15(21)18-19-16(22)11-23-14-4-2-13(17)3-5-14/h2-5,12H,6-11H2,1H3,(H,18,21)(H,19,22). The fourth-order valence-corrected chi connectivity index (χ4v) is 2.44. The van der Waals surface area contributed by atoms with E-state index in [0.29, 0.717) is 17.3 Å². The van der Waals surface area contributed by atoms with E-state index in [1.807, 2.05) is 0 Å². The van der Waals surface area contributed by atoms with Crippen molar-refractivity contribution in [1.29, 1.82) is 0 Å². The van der Waals surface area contributed by atoms with Crippen molar-refractivity contribution < 1.29 is 14.3 Å². The lowest BCUT2D eigenvalue weighted by Crippen LogP contribution is -2.48. The number of nitrogens with zero attached hydrogens (tertiary/aromatic N) is 1. The van der Waals surface area contributed by atoms with E-state index in [1.165, 1.54) is 0 Å². The van der Waals surface area contributed by atoms with Gasteiger partial charge in [0.25, 0.3) is 11.8 Å². The van der Waals surface area contributed by atoms with Crippen molar-refractivity contribution in [2.75, 3.05) is 26.2 Å². The van der Waals surface area contributed by atoms with E-state index in [2.05, 4.69) is 22.7 Å². The molecule has 0 saturated carbocycles. The minimum Gasteiger partial charge on any atom is -0.484 e. The number of hydrogen-bond donors (Lipinski definition) is 2. The summed E-state index contributed by atoms with van der Waals surface area (Å²) in [5, 5.41) is 0.598. The van der Waals surface area contributed by atoms with Crippen LogP contribution in [0.5, 0.6) is 5.75 Å². The van der Waals surface area contributed by atoms with Crippen LogP contribution in [-0.4, -0.2) is 43.0 Å². The second-order valence-electron chi connectivity index (χ2n) is 5.80. The van der Waals surface area contributed by atoms with Crippen molar-refractivity contribution in [2.24, 2.45) is 5.92 Å². The molecule has 0 atom stereocenters. The third-order valence-corrected chi connectivity index (χ3v) is 4.02. The molecule has 1 fully saturated rings. The van der Waals surface area contributed by atoms with E-state index in [9.17, 15) is 9.59 Å². The summed E-state index contributed by atoms with van der Waals surface area (Å²) in [6, 6.07) is 6.70. The normalized spacial score (nSPS) is 15.9. The van der Waals surface area contributed by atoms with Gasteiger partial charge in [0.2, 0.25) is 0 Å². The second kappa shape index (κ2) is 8.74. The van der Waals surface area contributed by atoms with Gasteiger partial charge in [-0.3, -0.25) is 25.3 Å². The zero-order valence-electron chi connectivity index (χ0n) is 13.2. The van der Waals surface area contributed by atoms with Gasteiger partial charge in [-0.15, -0.1) is 0 Å². The molecule has 126 valence electrons. The number of carbonyl (C=O) groups excluding carboxylic acids is 2. The van der Waals surface area contributed by atoms with Gasteiger partial charge < -0.3 is 4.74 Å². The fourth-order valence-electron chi connectivity index (χ4n) is 2.32. The van der Waals surface area contributed by atoms with Crippen molar-refractivity contribution in [2.45, 2.75) is 19.8 Å². The van der Waals surface area contributed by atoms with Gasteiger partial charge in [0.1, 0.15) is 5.75 Å². The predicted molar refractivity (Wildman–Crippen MR) is 88.1 cm³/mol. The number of piperidine rings is 1. The first kappa shape index (κ1) is 17.6. The van der Waals surface area contributed by atoms with Crippen LogP contribution in [0, 0.1) is 5.92 Å². The van der Waals surface area contributed by atoms with Gasteiger partial charge in [0.05, 0.1) is 6.54 Å². The van der Waals surface area contributed by atoms with Gasteiger partial charge in [-0.2, -0.15) is 0 Å². The van der Waals surface area contributed by atoms with Crippen molar-refractivity contribution >= 4 is 23.4 Å². The van der Waals surface area contributed by atoms with Gasteiger partial charge in [-0.25, -0.2) is 0 Å². The van der Waals surface area contributed by atoms with Crippen LogP contribution >= 0.6 is 11.6 Å². The van der Waals surface area contributed by atoms with Crippen LogP contribution in [0.1, 0.15) is 19.8 Å². The first-order chi connectivity index (χ1) is 11.0. The molecule has 2 rings (SSSR count). The van der Waals surface area contributed by atoms with Gasteiger partial charge in [0.15, 0.2) is 6.61 Å². The Morgan fingerprint density at radius 1 is 1.17 bits per heavy atom. The maximum Gasteiger partial charge on any atom is 0.276 e. The van der Waals surface area contributed by atoms with Crippen LogP contribution in [-0.2, 0) is 9.59 Å². The van der Waals surface area contributed by atoms with Crippen molar-refractivity contribution in [3.63, 3.8) is 0 Å². The number of likely N-dealkylation sites (tertiary alicyclic amines) is 1. The maximum absolute atomic E-state index is 11.8. The van der Waals surface area contributed by atoms with Crippen LogP contribution in [0.15, 0.2) is 24.3 Å². The lowest BCUT2D eigenvalue weighted by atomic mass is 9.99. The molecule has 1 aliphatic heterocycles. The van der Waals surface area contributed by atoms with Crippen molar-refractivity contribution in [3.8, 4) is 5.75 Å². The Kier molecular flexibility index (Phi) is 6.67. The molecule has 0 unspecified atom stereocenters. The molecule has 0 radical (unpaired) electrons. The quantitative estimate of drug-likeness (QED) is 0.799. The molecule has 2 amide bonds. The van der Waals surface area contributed by atoms with E-state index in [-0.39, 0.29) is 12.5 Å². The third kappa shape index (κ3) is 6.46. The van der Waals surface area contributed by atoms with Gasteiger partial charge in [-0.05, 0) is 56.1 Å². The minimum atomic E-state index is -0.416. The molecule has 6 nitrogen and oxygen atoms in total. The molecule has 1 aromatic carbocycles. The highest BCUT2D eigenvalue weighted by molar-refractivity contribution is 6.30. The summed E-state index contributed by atoms with van der Waals surface area (Å²) in [4.78, 5) is 25.5. The Morgan fingerprint density at radius 2 is 1.78 bits per heavy atom. The molecule has 23 heavy (non-hydrogen) atoms. The highest BCUT2D eigenvalue weighted by atomic mass is 35.5. The molecule has 0 aromatic heterocycles. The van der Waals surface area contributed by atoms with E-state index in [1.54, 1.807) is 24.3 Å². The summed E-state index contributed by atoms with van der Waals surface area (Å²) in [5.41, 5.74) is 4.75. The number of carbonyl (C=O) groups is 2. The van der Waals surface area contributed by atoms with Gasteiger partial charge in [-0.1, -0.05) is 18.5 Å². The summed E-state index contributed by atoms with van der Waals surface area (Å²) >= 11 is 5.76. The Balaban J connectivity index is 1.61. The summed E-state index contributed by atoms with van der Waals surface area (Å²) in [6.45, 7) is 4.18.